The second-order valence-electron chi connectivity index (χ2n) is 6.25. The van der Waals surface area contributed by atoms with Crippen LogP contribution in [-0.4, -0.2) is 11.6 Å². The first-order valence-electron chi connectivity index (χ1n) is 8.55. The lowest BCUT2D eigenvalue weighted by molar-refractivity contribution is 0.0851. The average molecular weight is 346 g/mol. The molecule has 0 fully saturated rings. The van der Waals surface area contributed by atoms with E-state index in [4.69, 9.17) is 0 Å². The molecule has 26 heavy (non-hydrogen) atoms. The van der Waals surface area contributed by atoms with E-state index in [2.05, 4.69) is 0 Å². The standard InChI is InChI=1S/C23H19FO2/c24-21-13-11-18(12-14-21)22(25)16-20(15-17-7-3-1-4-8-17)23(26)19-9-5-2-6-10-19/h1-14,20H,15-16H2. The van der Waals surface area contributed by atoms with Gasteiger partial charge in [0.2, 0.25) is 0 Å². The van der Waals surface area contributed by atoms with Gasteiger partial charge in [-0.25, -0.2) is 4.39 Å². The average Bonchev–Trinajstić information content (AvgIpc) is 2.69. The van der Waals surface area contributed by atoms with E-state index < -0.39 is 5.92 Å². The van der Waals surface area contributed by atoms with Gasteiger partial charge in [-0.3, -0.25) is 9.59 Å². The molecule has 0 aromatic heterocycles. The fourth-order valence-corrected chi connectivity index (χ4v) is 2.97. The Balaban J connectivity index is 1.83. The number of carbonyl (C=O) groups excluding carboxylic acids is 2. The fraction of sp³-hybridized carbons (Fsp3) is 0.130. The molecule has 0 saturated carbocycles. The predicted octanol–water partition coefficient (Wildman–Crippen LogP) is 5.14. The molecule has 2 nitrogen and oxygen atoms in total. The van der Waals surface area contributed by atoms with Gasteiger partial charge in [-0.2, -0.15) is 0 Å². The summed E-state index contributed by atoms with van der Waals surface area (Å²) in [5.74, 6) is -1.06. The van der Waals surface area contributed by atoms with Crippen molar-refractivity contribution in [2.24, 2.45) is 5.92 Å². The highest BCUT2D eigenvalue weighted by molar-refractivity contribution is 6.03. The van der Waals surface area contributed by atoms with E-state index in [1.165, 1.54) is 24.3 Å². The maximum atomic E-state index is 13.1. The summed E-state index contributed by atoms with van der Waals surface area (Å²) in [6.07, 6.45) is 0.579. The molecule has 0 amide bonds. The predicted molar refractivity (Wildman–Crippen MR) is 99.8 cm³/mol. The molecular formula is C23H19FO2. The van der Waals surface area contributed by atoms with Crippen molar-refractivity contribution in [3.05, 3.63) is 107 Å². The minimum atomic E-state index is -0.461. The summed E-state index contributed by atoms with van der Waals surface area (Å²) in [6.45, 7) is 0. The third kappa shape index (κ3) is 4.51. The van der Waals surface area contributed by atoms with Gasteiger partial charge in [0.25, 0.3) is 0 Å². The summed E-state index contributed by atoms with van der Waals surface area (Å²) in [7, 11) is 0. The van der Waals surface area contributed by atoms with E-state index in [1.807, 2.05) is 48.5 Å². The number of benzene rings is 3. The Bertz CT molecular complexity index is 871. The largest absolute Gasteiger partial charge is 0.294 e. The van der Waals surface area contributed by atoms with Crippen LogP contribution in [-0.2, 0) is 6.42 Å². The van der Waals surface area contributed by atoms with Crippen LogP contribution in [0.2, 0.25) is 0 Å². The quantitative estimate of drug-likeness (QED) is 0.555. The Labute approximate surface area is 152 Å². The Morgan fingerprint density at radius 2 is 1.31 bits per heavy atom. The molecule has 0 saturated heterocycles. The molecule has 0 radical (unpaired) electrons. The van der Waals surface area contributed by atoms with Gasteiger partial charge in [-0.05, 0) is 36.2 Å². The summed E-state index contributed by atoms with van der Waals surface area (Å²) >= 11 is 0. The molecule has 0 aliphatic heterocycles. The van der Waals surface area contributed by atoms with Gasteiger partial charge in [0.05, 0.1) is 0 Å². The SMILES string of the molecule is O=C(CC(Cc1ccccc1)C(=O)c1ccccc1)c1ccc(F)cc1. The second kappa shape index (κ2) is 8.34. The summed E-state index contributed by atoms with van der Waals surface area (Å²) in [5.41, 5.74) is 2.03. The smallest absolute Gasteiger partial charge is 0.166 e. The Morgan fingerprint density at radius 3 is 1.92 bits per heavy atom. The van der Waals surface area contributed by atoms with Crippen molar-refractivity contribution in [3.63, 3.8) is 0 Å². The normalized spacial score (nSPS) is 11.7. The maximum absolute atomic E-state index is 13.1. The van der Waals surface area contributed by atoms with Gasteiger partial charge in [-0.15, -0.1) is 0 Å². The molecule has 3 aromatic carbocycles. The number of Topliss-reactive ketones (excluding diaryl/α,β-unsaturated/α-hetero) is 2. The molecule has 1 atom stereocenters. The number of ketones is 2. The molecule has 130 valence electrons. The van der Waals surface area contributed by atoms with Crippen LogP contribution in [0.25, 0.3) is 0 Å². The number of hydrogen-bond donors (Lipinski definition) is 0. The minimum Gasteiger partial charge on any atom is -0.294 e. The summed E-state index contributed by atoms with van der Waals surface area (Å²) in [4.78, 5) is 25.6. The van der Waals surface area contributed by atoms with Crippen molar-refractivity contribution < 1.29 is 14.0 Å². The van der Waals surface area contributed by atoms with Crippen LogP contribution < -0.4 is 0 Å². The van der Waals surface area contributed by atoms with Gasteiger partial charge in [0, 0.05) is 23.5 Å². The highest BCUT2D eigenvalue weighted by Gasteiger charge is 2.24. The highest BCUT2D eigenvalue weighted by atomic mass is 19.1. The number of hydrogen-bond acceptors (Lipinski definition) is 2. The summed E-state index contributed by atoms with van der Waals surface area (Å²) < 4.78 is 13.1. The number of halogens is 1. The van der Waals surface area contributed by atoms with Crippen LogP contribution >= 0.6 is 0 Å². The first-order valence-corrected chi connectivity index (χ1v) is 8.55. The molecule has 0 bridgehead atoms. The zero-order chi connectivity index (χ0) is 18.4. The van der Waals surface area contributed by atoms with Gasteiger partial charge in [0.1, 0.15) is 5.82 Å². The zero-order valence-corrected chi connectivity index (χ0v) is 14.3. The third-order valence-corrected chi connectivity index (χ3v) is 4.35. The molecule has 0 aliphatic carbocycles. The lowest BCUT2D eigenvalue weighted by Crippen LogP contribution is -2.21. The van der Waals surface area contributed by atoms with E-state index in [1.54, 1.807) is 12.1 Å². The van der Waals surface area contributed by atoms with Crippen molar-refractivity contribution in [2.45, 2.75) is 12.8 Å². The van der Waals surface area contributed by atoms with Crippen molar-refractivity contribution in [2.75, 3.05) is 0 Å². The monoisotopic (exact) mass is 346 g/mol. The molecule has 0 aliphatic rings. The molecule has 0 N–H and O–H groups in total. The van der Waals surface area contributed by atoms with Crippen LogP contribution in [0.4, 0.5) is 4.39 Å². The lowest BCUT2D eigenvalue weighted by atomic mass is 9.86. The van der Waals surface area contributed by atoms with Gasteiger partial charge in [-0.1, -0.05) is 60.7 Å². The van der Waals surface area contributed by atoms with Crippen LogP contribution in [0.5, 0.6) is 0 Å². The van der Waals surface area contributed by atoms with Crippen LogP contribution in [0.15, 0.2) is 84.9 Å². The van der Waals surface area contributed by atoms with E-state index in [0.29, 0.717) is 17.5 Å². The number of rotatable bonds is 7. The Hall–Kier alpha value is -3.07. The Morgan fingerprint density at radius 1 is 0.731 bits per heavy atom. The second-order valence-corrected chi connectivity index (χ2v) is 6.25. The van der Waals surface area contributed by atoms with Crippen LogP contribution in [0.1, 0.15) is 32.7 Å². The molecule has 0 spiro atoms. The van der Waals surface area contributed by atoms with Crippen molar-refractivity contribution >= 4 is 11.6 Å². The molecule has 3 heteroatoms. The van der Waals surface area contributed by atoms with E-state index in [0.717, 1.165) is 5.56 Å². The van der Waals surface area contributed by atoms with Crippen molar-refractivity contribution in [1.82, 2.24) is 0 Å². The first-order chi connectivity index (χ1) is 12.6. The molecule has 3 rings (SSSR count). The zero-order valence-electron chi connectivity index (χ0n) is 14.3. The summed E-state index contributed by atoms with van der Waals surface area (Å²) in [5, 5.41) is 0. The third-order valence-electron chi connectivity index (χ3n) is 4.35. The summed E-state index contributed by atoms with van der Waals surface area (Å²) in [6, 6.07) is 24.1. The van der Waals surface area contributed by atoms with E-state index in [9.17, 15) is 14.0 Å². The van der Waals surface area contributed by atoms with Crippen molar-refractivity contribution in [3.8, 4) is 0 Å². The van der Waals surface area contributed by atoms with Crippen molar-refractivity contribution in [1.29, 1.82) is 0 Å². The van der Waals surface area contributed by atoms with Crippen LogP contribution in [0, 0.1) is 11.7 Å². The van der Waals surface area contributed by atoms with Gasteiger partial charge in [0.15, 0.2) is 11.6 Å². The molecule has 0 heterocycles. The molecular weight excluding hydrogens is 327 g/mol. The van der Waals surface area contributed by atoms with E-state index in [-0.39, 0.29) is 23.8 Å². The Kier molecular flexibility index (Phi) is 5.69. The van der Waals surface area contributed by atoms with Crippen LogP contribution in [0.3, 0.4) is 0 Å². The maximum Gasteiger partial charge on any atom is 0.166 e. The lowest BCUT2D eigenvalue weighted by Gasteiger charge is -2.16. The highest BCUT2D eigenvalue weighted by Crippen LogP contribution is 2.21. The van der Waals surface area contributed by atoms with Gasteiger partial charge < -0.3 is 0 Å². The minimum absolute atomic E-state index is 0.0510. The fourth-order valence-electron chi connectivity index (χ4n) is 2.97. The molecule has 3 aromatic rings. The number of carbonyl (C=O) groups is 2. The van der Waals surface area contributed by atoms with Gasteiger partial charge >= 0.3 is 0 Å². The topological polar surface area (TPSA) is 34.1 Å². The molecule has 1 unspecified atom stereocenters. The first kappa shape index (κ1) is 17.7. The van der Waals surface area contributed by atoms with E-state index >= 15 is 0 Å².